The summed E-state index contributed by atoms with van der Waals surface area (Å²) in [5.41, 5.74) is 3.62. The minimum Gasteiger partial charge on any atom is -0.359 e. The summed E-state index contributed by atoms with van der Waals surface area (Å²) < 4.78 is 13.5. The summed E-state index contributed by atoms with van der Waals surface area (Å²) in [5.74, 6) is -0.378. The molecule has 144 valence electrons. The van der Waals surface area contributed by atoms with Crippen LogP contribution in [0.3, 0.4) is 0 Å². The molecular weight excluding hydrogens is 397 g/mol. The number of fused-ring (bicyclic) bond motifs is 1. The number of hydrogen-bond donors (Lipinski definition) is 1. The summed E-state index contributed by atoms with van der Waals surface area (Å²) in [7, 11) is 0. The number of nitrogens with one attached hydrogen (secondary N) is 1. The fourth-order valence-electron chi connectivity index (χ4n) is 3.43. The van der Waals surface area contributed by atoms with E-state index in [0.717, 1.165) is 35.3 Å². The Balaban J connectivity index is 1.46. The van der Waals surface area contributed by atoms with Gasteiger partial charge < -0.3 is 10.2 Å². The van der Waals surface area contributed by atoms with E-state index in [1.165, 1.54) is 17.4 Å². The van der Waals surface area contributed by atoms with Crippen molar-refractivity contribution in [2.24, 2.45) is 0 Å². The van der Waals surface area contributed by atoms with Gasteiger partial charge in [0.15, 0.2) is 5.13 Å². The maximum absolute atomic E-state index is 13.5. The number of rotatable bonds is 4. The highest BCUT2D eigenvalue weighted by Gasteiger charge is 2.25. The van der Waals surface area contributed by atoms with Crippen LogP contribution in [0.25, 0.3) is 11.3 Å². The summed E-state index contributed by atoms with van der Waals surface area (Å²) >= 11 is 7.31. The minimum absolute atomic E-state index is 0.138. The van der Waals surface area contributed by atoms with Crippen molar-refractivity contribution in [2.75, 3.05) is 16.8 Å². The molecule has 0 fully saturated rings. The van der Waals surface area contributed by atoms with Crippen LogP contribution in [0.5, 0.6) is 0 Å². The Morgan fingerprint density at radius 1 is 1.32 bits per heavy atom. The summed E-state index contributed by atoms with van der Waals surface area (Å²) in [5, 5.41) is 6.01. The molecule has 2 aromatic carbocycles. The van der Waals surface area contributed by atoms with Gasteiger partial charge >= 0.3 is 0 Å². The molecule has 0 saturated heterocycles. The van der Waals surface area contributed by atoms with Crippen molar-refractivity contribution in [3.8, 4) is 11.3 Å². The number of carbonyl (C=O) groups excluding carboxylic acids is 1. The zero-order valence-electron chi connectivity index (χ0n) is 15.3. The smallest absolute Gasteiger partial charge is 0.245 e. The van der Waals surface area contributed by atoms with Crippen LogP contribution in [0.4, 0.5) is 15.2 Å². The zero-order valence-corrected chi connectivity index (χ0v) is 16.9. The van der Waals surface area contributed by atoms with Crippen LogP contribution in [0.15, 0.2) is 47.8 Å². The Morgan fingerprint density at radius 2 is 2.11 bits per heavy atom. The first-order valence-electron chi connectivity index (χ1n) is 9.06. The topological polar surface area (TPSA) is 45.2 Å². The molecule has 4 nitrogen and oxygen atoms in total. The van der Waals surface area contributed by atoms with E-state index < -0.39 is 0 Å². The van der Waals surface area contributed by atoms with Gasteiger partial charge in [-0.3, -0.25) is 4.79 Å². The molecule has 0 bridgehead atoms. The predicted octanol–water partition coefficient (Wildman–Crippen LogP) is 5.38. The van der Waals surface area contributed by atoms with E-state index in [1.807, 2.05) is 34.5 Å². The van der Waals surface area contributed by atoms with Gasteiger partial charge in [0.05, 0.1) is 12.2 Å². The van der Waals surface area contributed by atoms with E-state index in [2.05, 4.69) is 17.2 Å². The van der Waals surface area contributed by atoms with Gasteiger partial charge in [0.1, 0.15) is 5.82 Å². The normalized spacial score (nSPS) is 16.0. The van der Waals surface area contributed by atoms with E-state index >= 15 is 0 Å². The van der Waals surface area contributed by atoms with E-state index in [0.29, 0.717) is 10.2 Å². The molecular formula is C21H19ClFN3OS. The summed E-state index contributed by atoms with van der Waals surface area (Å²) in [6.07, 6.45) is 1.71. The predicted molar refractivity (Wildman–Crippen MR) is 113 cm³/mol. The molecule has 0 saturated carbocycles. The van der Waals surface area contributed by atoms with Crippen molar-refractivity contribution in [3.63, 3.8) is 0 Å². The van der Waals surface area contributed by atoms with E-state index in [1.54, 1.807) is 12.1 Å². The highest BCUT2D eigenvalue weighted by atomic mass is 35.5. The molecule has 28 heavy (non-hydrogen) atoms. The van der Waals surface area contributed by atoms with Gasteiger partial charge in [-0.15, -0.1) is 11.3 Å². The molecule has 1 aromatic heterocycles. The van der Waals surface area contributed by atoms with Gasteiger partial charge in [0.2, 0.25) is 5.91 Å². The molecule has 4 rings (SSSR count). The van der Waals surface area contributed by atoms with Gasteiger partial charge in [-0.2, -0.15) is 0 Å². The third-order valence-electron chi connectivity index (χ3n) is 4.92. The summed E-state index contributed by atoms with van der Waals surface area (Å²) in [6.45, 7) is 2.29. The molecule has 1 N–H and O–H groups in total. The Morgan fingerprint density at radius 3 is 2.89 bits per heavy atom. The third-order valence-corrected chi connectivity index (χ3v) is 5.93. The molecule has 7 heteroatoms. The summed E-state index contributed by atoms with van der Waals surface area (Å²) in [6, 6.07) is 12.4. The van der Waals surface area contributed by atoms with Crippen molar-refractivity contribution in [1.82, 2.24) is 4.98 Å². The molecule has 0 aliphatic carbocycles. The van der Waals surface area contributed by atoms with Crippen molar-refractivity contribution in [2.45, 2.75) is 25.8 Å². The Labute approximate surface area is 172 Å². The van der Waals surface area contributed by atoms with Gasteiger partial charge in [-0.1, -0.05) is 23.7 Å². The highest BCUT2D eigenvalue weighted by Crippen LogP contribution is 2.31. The fraction of sp³-hybridized carbons (Fsp3) is 0.238. The minimum atomic E-state index is -0.241. The first kappa shape index (κ1) is 18.9. The average Bonchev–Trinajstić information content (AvgIpc) is 3.13. The molecule has 3 aromatic rings. The number of hydrogen-bond acceptors (Lipinski definition) is 4. The first-order valence-corrected chi connectivity index (χ1v) is 10.3. The van der Waals surface area contributed by atoms with Crippen LogP contribution < -0.4 is 10.2 Å². The third kappa shape index (κ3) is 4.03. The quantitative estimate of drug-likeness (QED) is 0.622. The number of benzene rings is 2. The van der Waals surface area contributed by atoms with Crippen LogP contribution in [-0.4, -0.2) is 23.5 Å². The highest BCUT2D eigenvalue weighted by molar-refractivity contribution is 7.14. The number of nitrogens with zero attached hydrogens (tertiary/aromatic N) is 2. The van der Waals surface area contributed by atoms with E-state index in [4.69, 9.17) is 11.6 Å². The second-order valence-corrected chi connectivity index (χ2v) is 8.18. The standard InChI is InChI=1S/C21H19ClFN3OS/c1-13-2-3-15-10-17(23)8-9-19(15)26(13)11-20(27)25-21-24-18(12-28-21)14-4-6-16(22)7-5-14/h4-10,12-13H,2-3,11H2,1H3,(H,24,25,27). The number of anilines is 2. The average molecular weight is 416 g/mol. The number of aromatic nitrogens is 1. The summed E-state index contributed by atoms with van der Waals surface area (Å²) in [4.78, 5) is 19.1. The van der Waals surface area contributed by atoms with Crippen LogP contribution in [-0.2, 0) is 11.2 Å². The second kappa shape index (κ2) is 7.89. The fourth-order valence-corrected chi connectivity index (χ4v) is 4.29. The number of amides is 1. The molecule has 1 unspecified atom stereocenters. The van der Waals surface area contributed by atoms with Gasteiger partial charge in [-0.05, 0) is 55.7 Å². The molecule has 2 heterocycles. The van der Waals surface area contributed by atoms with Gasteiger partial charge in [0.25, 0.3) is 0 Å². The van der Waals surface area contributed by atoms with Crippen molar-refractivity contribution in [3.05, 3.63) is 64.2 Å². The molecule has 1 aliphatic rings. The van der Waals surface area contributed by atoms with Crippen LogP contribution in [0, 0.1) is 5.82 Å². The lowest BCUT2D eigenvalue weighted by molar-refractivity contribution is -0.115. The SMILES string of the molecule is CC1CCc2cc(F)ccc2N1CC(=O)Nc1nc(-c2ccc(Cl)cc2)cs1. The lowest BCUT2D eigenvalue weighted by Crippen LogP contribution is -2.42. The van der Waals surface area contributed by atoms with Crippen molar-refractivity contribution in [1.29, 1.82) is 0 Å². The molecule has 1 amide bonds. The Kier molecular flexibility index (Phi) is 5.33. The number of aryl methyl sites for hydroxylation is 1. The van der Waals surface area contributed by atoms with Crippen LogP contribution in [0.2, 0.25) is 5.02 Å². The van der Waals surface area contributed by atoms with Crippen molar-refractivity contribution >= 4 is 39.7 Å². The van der Waals surface area contributed by atoms with Gasteiger partial charge in [-0.25, -0.2) is 9.37 Å². The van der Waals surface area contributed by atoms with Gasteiger partial charge in [0, 0.05) is 27.7 Å². The first-order chi connectivity index (χ1) is 13.5. The number of halogens is 2. The molecule has 1 aliphatic heterocycles. The lowest BCUT2D eigenvalue weighted by Gasteiger charge is -2.36. The largest absolute Gasteiger partial charge is 0.359 e. The maximum atomic E-state index is 13.5. The monoisotopic (exact) mass is 415 g/mol. The Bertz CT molecular complexity index is 1010. The lowest BCUT2D eigenvalue weighted by atomic mass is 9.96. The van der Waals surface area contributed by atoms with Crippen molar-refractivity contribution < 1.29 is 9.18 Å². The molecule has 0 spiro atoms. The Hall–Kier alpha value is -2.44. The zero-order chi connectivity index (χ0) is 19.7. The number of carbonyl (C=O) groups is 1. The second-order valence-electron chi connectivity index (χ2n) is 6.88. The molecule has 0 radical (unpaired) electrons. The number of thiazole rings is 1. The molecule has 1 atom stereocenters. The maximum Gasteiger partial charge on any atom is 0.245 e. The van der Waals surface area contributed by atoms with Crippen LogP contribution in [0.1, 0.15) is 18.9 Å². The van der Waals surface area contributed by atoms with E-state index in [9.17, 15) is 9.18 Å². The van der Waals surface area contributed by atoms with Crippen LogP contribution >= 0.6 is 22.9 Å². The van der Waals surface area contributed by atoms with E-state index in [-0.39, 0.29) is 24.3 Å².